The molecule has 0 spiro atoms. The molecule has 2 aromatic rings. The number of aryl methyl sites for hydroxylation is 1. The van der Waals surface area contributed by atoms with Crippen LogP contribution in [0.3, 0.4) is 0 Å². The molecule has 0 atom stereocenters. The zero-order valence-corrected chi connectivity index (χ0v) is 13.9. The Bertz CT molecular complexity index is 698. The number of hydrogen-bond donors (Lipinski definition) is 1. The maximum Gasteiger partial charge on any atom is 0.405 e. The highest BCUT2D eigenvalue weighted by Gasteiger charge is 2.27. The number of carbonyl (C=O) groups excluding carboxylic acids is 1. The Hall–Kier alpha value is -2.42. The summed E-state index contributed by atoms with van der Waals surface area (Å²) in [6.07, 6.45) is -3.73. The molecule has 0 aliphatic rings. The van der Waals surface area contributed by atoms with Crippen LogP contribution in [-0.2, 0) is 19.5 Å². The van der Waals surface area contributed by atoms with E-state index in [2.05, 4.69) is 10.1 Å². The van der Waals surface area contributed by atoms with Crippen LogP contribution in [0.5, 0.6) is 0 Å². The highest BCUT2D eigenvalue weighted by Crippen LogP contribution is 2.13. The molecule has 1 N–H and O–H groups in total. The number of nitrogens with zero attached hydrogens (tertiary/aromatic N) is 3. The van der Waals surface area contributed by atoms with Crippen LogP contribution in [0.2, 0.25) is 0 Å². The quantitative estimate of drug-likeness (QED) is 0.826. The number of alkyl halides is 3. The highest BCUT2D eigenvalue weighted by molar-refractivity contribution is 5.94. The maximum atomic E-state index is 12.1. The van der Waals surface area contributed by atoms with Crippen LogP contribution in [-0.4, -0.2) is 40.7 Å². The average molecular weight is 356 g/mol. The first-order chi connectivity index (χ1) is 11.8. The molecule has 136 valence electrons. The van der Waals surface area contributed by atoms with Gasteiger partial charge in [0.25, 0.3) is 5.91 Å². The topological polar surface area (TPSA) is 71.3 Å². The summed E-state index contributed by atoms with van der Waals surface area (Å²) in [5.74, 6) is 0.412. The minimum Gasteiger partial charge on any atom is -0.343 e. The zero-order valence-electron chi connectivity index (χ0n) is 13.9. The van der Waals surface area contributed by atoms with Crippen molar-refractivity contribution < 1.29 is 22.5 Å². The van der Waals surface area contributed by atoms with Gasteiger partial charge in [-0.05, 0) is 24.7 Å². The van der Waals surface area contributed by atoms with E-state index >= 15 is 0 Å². The molecule has 2 rings (SSSR count). The lowest BCUT2D eigenvalue weighted by Gasteiger charge is -2.14. The molecule has 0 aliphatic carbocycles. The molecule has 0 bridgehead atoms. The predicted octanol–water partition coefficient (Wildman–Crippen LogP) is 2.56. The Kier molecular flexibility index (Phi) is 6.13. The van der Waals surface area contributed by atoms with Gasteiger partial charge < -0.3 is 9.84 Å². The van der Waals surface area contributed by atoms with Crippen LogP contribution in [0.1, 0.15) is 34.6 Å². The van der Waals surface area contributed by atoms with Gasteiger partial charge >= 0.3 is 6.18 Å². The lowest BCUT2D eigenvalue weighted by molar-refractivity contribution is -0.123. The predicted molar refractivity (Wildman–Crippen MR) is 83.7 cm³/mol. The van der Waals surface area contributed by atoms with Crippen molar-refractivity contribution in [3.8, 4) is 0 Å². The third kappa shape index (κ3) is 6.18. The number of carbonyl (C=O) groups is 1. The second-order valence-electron chi connectivity index (χ2n) is 5.62. The highest BCUT2D eigenvalue weighted by atomic mass is 19.4. The summed E-state index contributed by atoms with van der Waals surface area (Å²) in [6.45, 7) is 1.63. The van der Waals surface area contributed by atoms with E-state index in [0.29, 0.717) is 31.2 Å². The van der Waals surface area contributed by atoms with Gasteiger partial charge in [0.05, 0.1) is 6.54 Å². The first-order valence-corrected chi connectivity index (χ1v) is 7.70. The average Bonchev–Trinajstić information content (AvgIpc) is 3.00. The van der Waals surface area contributed by atoms with Gasteiger partial charge in [-0.1, -0.05) is 24.2 Å². The summed E-state index contributed by atoms with van der Waals surface area (Å²) in [5, 5.41) is 5.66. The summed E-state index contributed by atoms with van der Waals surface area (Å²) in [4.78, 5) is 17.8. The van der Waals surface area contributed by atoms with Crippen molar-refractivity contribution in [2.45, 2.75) is 32.6 Å². The van der Waals surface area contributed by atoms with Gasteiger partial charge in [-0.3, -0.25) is 9.69 Å². The summed E-state index contributed by atoms with van der Waals surface area (Å²) in [7, 11) is 1.87. The molecule has 0 aliphatic heterocycles. The molecule has 1 heterocycles. The molecular formula is C16H19F3N4O2. The van der Waals surface area contributed by atoms with Crippen molar-refractivity contribution >= 4 is 5.91 Å². The second kappa shape index (κ2) is 8.11. The van der Waals surface area contributed by atoms with Crippen LogP contribution >= 0.6 is 0 Å². The third-order valence-corrected chi connectivity index (χ3v) is 3.35. The normalized spacial score (nSPS) is 11.8. The van der Waals surface area contributed by atoms with Crippen LogP contribution in [0.25, 0.3) is 0 Å². The van der Waals surface area contributed by atoms with Gasteiger partial charge in [0.1, 0.15) is 6.54 Å². The van der Waals surface area contributed by atoms with Crippen molar-refractivity contribution in [2.24, 2.45) is 0 Å². The molecule has 1 amide bonds. The number of hydrogen-bond acceptors (Lipinski definition) is 5. The fourth-order valence-electron chi connectivity index (χ4n) is 2.14. The van der Waals surface area contributed by atoms with Crippen molar-refractivity contribution in [2.75, 3.05) is 13.6 Å². The monoisotopic (exact) mass is 356 g/mol. The van der Waals surface area contributed by atoms with Gasteiger partial charge in [0, 0.05) is 18.5 Å². The number of amides is 1. The van der Waals surface area contributed by atoms with Crippen LogP contribution in [0.15, 0.2) is 28.8 Å². The molecule has 0 saturated carbocycles. The SMILES string of the molecule is CCc1noc(CN(C)Cc2ccc(C(=O)NCC(F)(F)F)cc2)n1. The van der Waals surface area contributed by atoms with E-state index in [4.69, 9.17) is 4.52 Å². The van der Waals surface area contributed by atoms with Gasteiger partial charge in [-0.2, -0.15) is 18.2 Å². The fraction of sp³-hybridized carbons (Fsp3) is 0.438. The van der Waals surface area contributed by atoms with Crippen LogP contribution in [0, 0.1) is 0 Å². The largest absolute Gasteiger partial charge is 0.405 e. The Morgan fingerprint density at radius 1 is 1.24 bits per heavy atom. The number of halogens is 3. The smallest absolute Gasteiger partial charge is 0.343 e. The van der Waals surface area contributed by atoms with E-state index in [9.17, 15) is 18.0 Å². The van der Waals surface area contributed by atoms with Crippen molar-refractivity contribution in [1.82, 2.24) is 20.4 Å². The first kappa shape index (κ1) is 18.9. The summed E-state index contributed by atoms with van der Waals surface area (Å²) in [5.41, 5.74) is 1.09. The Morgan fingerprint density at radius 3 is 2.48 bits per heavy atom. The third-order valence-electron chi connectivity index (χ3n) is 3.35. The molecule has 9 heteroatoms. The molecule has 0 saturated heterocycles. The fourth-order valence-corrected chi connectivity index (χ4v) is 2.14. The number of rotatable bonds is 7. The van der Waals surface area contributed by atoms with E-state index in [-0.39, 0.29) is 5.56 Å². The summed E-state index contributed by atoms with van der Waals surface area (Å²) < 4.78 is 41.4. The number of nitrogens with one attached hydrogen (secondary N) is 1. The zero-order chi connectivity index (χ0) is 18.4. The molecular weight excluding hydrogens is 337 g/mol. The van der Waals surface area contributed by atoms with E-state index in [1.165, 1.54) is 12.1 Å². The van der Waals surface area contributed by atoms with Gasteiger partial charge in [0.15, 0.2) is 5.82 Å². The molecule has 6 nitrogen and oxygen atoms in total. The molecule has 0 radical (unpaired) electrons. The molecule has 1 aromatic carbocycles. The Morgan fingerprint density at radius 2 is 1.92 bits per heavy atom. The van der Waals surface area contributed by atoms with Gasteiger partial charge in [0.2, 0.25) is 5.89 Å². The number of benzene rings is 1. The lowest BCUT2D eigenvalue weighted by atomic mass is 10.1. The van der Waals surface area contributed by atoms with E-state index in [0.717, 1.165) is 5.56 Å². The van der Waals surface area contributed by atoms with E-state index in [1.54, 1.807) is 12.1 Å². The van der Waals surface area contributed by atoms with Crippen LogP contribution in [0.4, 0.5) is 13.2 Å². The van der Waals surface area contributed by atoms with E-state index < -0.39 is 18.6 Å². The standard InChI is InChI=1S/C16H19F3N4O2/c1-3-13-21-14(25-22-13)9-23(2)8-11-4-6-12(7-5-11)15(24)20-10-16(17,18)19/h4-7H,3,8-10H2,1-2H3,(H,20,24). The molecule has 0 unspecified atom stereocenters. The molecule has 0 fully saturated rings. The molecule has 1 aromatic heterocycles. The van der Waals surface area contributed by atoms with Gasteiger partial charge in [-0.25, -0.2) is 0 Å². The summed E-state index contributed by atoms with van der Waals surface area (Å²) >= 11 is 0. The minimum atomic E-state index is -4.43. The lowest BCUT2D eigenvalue weighted by Crippen LogP contribution is -2.33. The summed E-state index contributed by atoms with van der Waals surface area (Å²) in [6, 6.07) is 6.39. The van der Waals surface area contributed by atoms with Crippen molar-refractivity contribution in [1.29, 1.82) is 0 Å². The first-order valence-electron chi connectivity index (χ1n) is 7.70. The Balaban J connectivity index is 1.87. The van der Waals surface area contributed by atoms with Crippen molar-refractivity contribution in [3.63, 3.8) is 0 Å². The maximum absolute atomic E-state index is 12.1. The Labute approximate surface area is 143 Å². The minimum absolute atomic E-state index is 0.181. The van der Waals surface area contributed by atoms with Crippen molar-refractivity contribution in [3.05, 3.63) is 47.1 Å². The van der Waals surface area contributed by atoms with Crippen LogP contribution < -0.4 is 5.32 Å². The van der Waals surface area contributed by atoms with E-state index in [1.807, 2.05) is 24.2 Å². The number of aromatic nitrogens is 2. The van der Waals surface area contributed by atoms with Gasteiger partial charge in [-0.15, -0.1) is 0 Å². The molecule has 25 heavy (non-hydrogen) atoms. The second-order valence-corrected chi connectivity index (χ2v) is 5.62.